The number of hydrogen-bond donors (Lipinski definition) is 2. The summed E-state index contributed by atoms with van der Waals surface area (Å²) in [7, 11) is 0. The number of nitrogens with zero attached hydrogens (tertiary/aromatic N) is 2. The lowest BCUT2D eigenvalue weighted by Gasteiger charge is -2.21. The van der Waals surface area contributed by atoms with Crippen molar-refractivity contribution in [3.8, 4) is 10.9 Å². The second kappa shape index (κ2) is 5.66. The fourth-order valence-corrected chi connectivity index (χ4v) is 3.64. The van der Waals surface area contributed by atoms with Crippen LogP contribution in [0.3, 0.4) is 0 Å². The molecule has 0 aliphatic carbocycles. The van der Waals surface area contributed by atoms with Crippen molar-refractivity contribution in [2.45, 2.75) is 37.4 Å². The fraction of sp³-hybridized carbons (Fsp3) is 0.400. The zero-order valence-electron chi connectivity index (χ0n) is 11.9. The molecule has 2 aliphatic heterocycles. The number of fused-ring (bicyclic) bond motifs is 2. The molecule has 2 saturated heterocycles. The van der Waals surface area contributed by atoms with Gasteiger partial charge in [0.2, 0.25) is 0 Å². The summed E-state index contributed by atoms with van der Waals surface area (Å²) >= 11 is 1.33. The highest BCUT2D eigenvalue weighted by Gasteiger charge is 2.39. The lowest BCUT2D eigenvalue weighted by molar-refractivity contribution is 0.0931. The maximum absolute atomic E-state index is 12.3. The van der Waals surface area contributed by atoms with Gasteiger partial charge in [0.05, 0.1) is 0 Å². The normalized spacial score (nSPS) is 26.1. The van der Waals surface area contributed by atoms with E-state index in [4.69, 9.17) is 4.74 Å². The Morgan fingerprint density at radius 2 is 2.18 bits per heavy atom. The van der Waals surface area contributed by atoms with Gasteiger partial charge in [-0.3, -0.25) is 4.79 Å². The fourth-order valence-electron chi connectivity index (χ4n) is 3.22. The van der Waals surface area contributed by atoms with Gasteiger partial charge in [-0.15, -0.1) is 5.10 Å². The minimum absolute atomic E-state index is 0.0261. The molecule has 2 N–H and O–H groups in total. The van der Waals surface area contributed by atoms with Crippen LogP contribution in [-0.2, 0) is 0 Å². The van der Waals surface area contributed by atoms with Gasteiger partial charge in [0.1, 0.15) is 11.3 Å². The molecular formula is C15H16N4O2S. The first-order valence-corrected chi connectivity index (χ1v) is 8.27. The lowest BCUT2D eigenvalue weighted by Crippen LogP contribution is -2.42. The van der Waals surface area contributed by atoms with E-state index < -0.39 is 0 Å². The number of nitrogens with one attached hydrogen (secondary N) is 2. The first kappa shape index (κ1) is 13.7. The maximum Gasteiger partial charge on any atom is 0.299 e. The first-order chi connectivity index (χ1) is 10.8. The number of amides is 1. The van der Waals surface area contributed by atoms with E-state index in [-0.39, 0.29) is 11.9 Å². The summed E-state index contributed by atoms with van der Waals surface area (Å²) in [5.74, 6) is 0.622. The smallest absolute Gasteiger partial charge is 0.299 e. The zero-order valence-corrected chi connectivity index (χ0v) is 12.7. The summed E-state index contributed by atoms with van der Waals surface area (Å²) < 4.78 is 5.53. The van der Waals surface area contributed by atoms with Crippen molar-refractivity contribution < 1.29 is 9.53 Å². The van der Waals surface area contributed by atoms with Gasteiger partial charge < -0.3 is 15.4 Å². The second-order valence-electron chi connectivity index (χ2n) is 5.69. The quantitative estimate of drug-likeness (QED) is 0.902. The molecule has 2 aliphatic rings. The number of aromatic nitrogens is 2. The molecule has 4 rings (SSSR count). The Morgan fingerprint density at radius 1 is 1.32 bits per heavy atom. The van der Waals surface area contributed by atoms with Crippen LogP contribution in [0.25, 0.3) is 0 Å². The standard InChI is InChI=1S/C15H16N4O2S/c20-14(18-13-7-10-3-6-12(13)17-10)9-1-4-11(5-2-9)21-15-19-16-8-22-15/h1-2,4-5,8,10,12-13,17H,3,6-7H2,(H,18,20)/t10-,12+,13-/m1/s1. The summed E-state index contributed by atoms with van der Waals surface area (Å²) in [6.07, 6.45) is 3.42. The third kappa shape index (κ3) is 2.69. The Hall–Kier alpha value is -1.99. The van der Waals surface area contributed by atoms with Gasteiger partial charge in [-0.2, -0.15) is 0 Å². The predicted octanol–water partition coefficient (Wildman–Crippen LogP) is 1.95. The average Bonchev–Trinajstić information content (AvgIpc) is 3.25. The van der Waals surface area contributed by atoms with E-state index in [2.05, 4.69) is 20.8 Å². The molecule has 2 aromatic rings. The van der Waals surface area contributed by atoms with Crippen LogP contribution in [-0.4, -0.2) is 34.2 Å². The van der Waals surface area contributed by atoms with Gasteiger partial charge >= 0.3 is 0 Å². The van der Waals surface area contributed by atoms with Crippen molar-refractivity contribution in [2.75, 3.05) is 0 Å². The molecule has 0 radical (unpaired) electrons. The van der Waals surface area contributed by atoms with Crippen molar-refractivity contribution in [3.63, 3.8) is 0 Å². The van der Waals surface area contributed by atoms with E-state index in [1.807, 2.05) is 0 Å². The molecule has 0 spiro atoms. The molecule has 22 heavy (non-hydrogen) atoms. The first-order valence-electron chi connectivity index (χ1n) is 7.39. The largest absolute Gasteiger partial charge is 0.430 e. The van der Waals surface area contributed by atoms with Gasteiger partial charge in [-0.1, -0.05) is 16.4 Å². The molecule has 3 atom stereocenters. The van der Waals surface area contributed by atoms with Crippen LogP contribution in [0.15, 0.2) is 29.8 Å². The Kier molecular flexibility index (Phi) is 3.51. The Morgan fingerprint density at radius 3 is 2.82 bits per heavy atom. The summed E-state index contributed by atoms with van der Waals surface area (Å²) in [5.41, 5.74) is 2.26. The van der Waals surface area contributed by atoms with Crippen molar-refractivity contribution in [2.24, 2.45) is 0 Å². The summed E-state index contributed by atoms with van der Waals surface area (Å²) in [6, 6.07) is 8.36. The van der Waals surface area contributed by atoms with Crippen LogP contribution >= 0.6 is 11.3 Å². The molecule has 7 heteroatoms. The molecule has 0 unspecified atom stereocenters. The maximum atomic E-state index is 12.3. The lowest BCUT2D eigenvalue weighted by atomic mass is 9.95. The minimum atomic E-state index is -0.0261. The van der Waals surface area contributed by atoms with Gasteiger partial charge in [0.25, 0.3) is 11.1 Å². The molecule has 1 aromatic carbocycles. The molecular weight excluding hydrogens is 300 g/mol. The number of carbonyl (C=O) groups excluding carboxylic acids is 1. The van der Waals surface area contributed by atoms with Crippen LogP contribution in [0.5, 0.6) is 10.9 Å². The topological polar surface area (TPSA) is 76.1 Å². The molecule has 2 bridgehead atoms. The molecule has 2 fully saturated rings. The van der Waals surface area contributed by atoms with Crippen LogP contribution in [0, 0.1) is 0 Å². The third-order valence-electron chi connectivity index (χ3n) is 4.28. The van der Waals surface area contributed by atoms with Crippen LogP contribution in [0.4, 0.5) is 0 Å². The number of carbonyl (C=O) groups is 1. The minimum Gasteiger partial charge on any atom is -0.430 e. The average molecular weight is 316 g/mol. The van der Waals surface area contributed by atoms with E-state index in [1.54, 1.807) is 29.8 Å². The zero-order chi connectivity index (χ0) is 14.9. The van der Waals surface area contributed by atoms with Crippen molar-refractivity contribution in [1.82, 2.24) is 20.8 Å². The van der Waals surface area contributed by atoms with E-state index in [1.165, 1.54) is 17.8 Å². The Bertz CT molecular complexity index is 659. The number of rotatable bonds is 4. The summed E-state index contributed by atoms with van der Waals surface area (Å²) in [4.78, 5) is 12.3. The molecule has 3 heterocycles. The van der Waals surface area contributed by atoms with E-state index >= 15 is 0 Å². The van der Waals surface area contributed by atoms with Gasteiger partial charge in [0, 0.05) is 23.7 Å². The van der Waals surface area contributed by atoms with E-state index in [9.17, 15) is 4.79 Å². The highest BCUT2D eigenvalue weighted by molar-refractivity contribution is 7.11. The van der Waals surface area contributed by atoms with E-state index in [0.29, 0.717) is 28.6 Å². The molecule has 0 saturated carbocycles. The van der Waals surface area contributed by atoms with Crippen LogP contribution < -0.4 is 15.4 Å². The Labute approximate surface area is 131 Å². The van der Waals surface area contributed by atoms with Crippen LogP contribution in [0.2, 0.25) is 0 Å². The second-order valence-corrected chi connectivity index (χ2v) is 6.49. The molecule has 1 amide bonds. The van der Waals surface area contributed by atoms with Gasteiger partial charge in [-0.25, -0.2) is 0 Å². The highest BCUT2D eigenvalue weighted by atomic mass is 32.1. The SMILES string of the molecule is O=C(N[C@@H]1C[C@H]2CC[C@@H]1N2)c1ccc(Oc2nncs2)cc1. The third-order valence-corrected chi connectivity index (χ3v) is 4.84. The number of benzene rings is 1. The van der Waals surface area contributed by atoms with Gasteiger partial charge in [-0.05, 0) is 43.5 Å². The van der Waals surface area contributed by atoms with Crippen LogP contribution in [0.1, 0.15) is 29.6 Å². The highest BCUT2D eigenvalue weighted by Crippen LogP contribution is 2.28. The van der Waals surface area contributed by atoms with Crippen molar-refractivity contribution in [3.05, 3.63) is 35.3 Å². The molecule has 6 nitrogen and oxygen atoms in total. The summed E-state index contributed by atoms with van der Waals surface area (Å²) in [5, 5.41) is 14.7. The molecule has 1 aromatic heterocycles. The summed E-state index contributed by atoms with van der Waals surface area (Å²) in [6.45, 7) is 0. The van der Waals surface area contributed by atoms with Gasteiger partial charge in [0.15, 0.2) is 0 Å². The van der Waals surface area contributed by atoms with E-state index in [0.717, 1.165) is 12.8 Å². The monoisotopic (exact) mass is 316 g/mol. The molecule has 114 valence electrons. The number of hydrogen-bond acceptors (Lipinski definition) is 6. The van der Waals surface area contributed by atoms with Crippen molar-refractivity contribution >= 4 is 17.2 Å². The van der Waals surface area contributed by atoms with Crippen molar-refractivity contribution in [1.29, 1.82) is 0 Å². The predicted molar refractivity (Wildman–Crippen MR) is 82.2 cm³/mol. The number of ether oxygens (including phenoxy) is 1. The Balaban J connectivity index is 1.38.